The molecule has 0 aliphatic rings. The van der Waals surface area contributed by atoms with Crippen molar-refractivity contribution < 1.29 is 8.78 Å². The number of hydrogen-bond donors (Lipinski definition) is 0. The molecule has 4 aromatic rings. The Morgan fingerprint density at radius 2 is 1.38 bits per heavy atom. The average molecular weight is 321 g/mol. The van der Waals surface area contributed by atoms with Crippen LogP contribution in [0.3, 0.4) is 0 Å². The van der Waals surface area contributed by atoms with Gasteiger partial charge in [0.15, 0.2) is 11.6 Å². The predicted octanol–water partition coefficient (Wildman–Crippen LogP) is 4.48. The predicted molar refractivity (Wildman–Crippen MR) is 91.2 cm³/mol. The molecule has 0 spiro atoms. The van der Waals surface area contributed by atoms with Gasteiger partial charge in [-0.05, 0) is 23.1 Å². The number of aromatic nitrogens is 1. The fraction of sp³-hybridized carbons (Fsp3) is 0.0500. The normalized spacial score (nSPS) is 11.2. The minimum atomic E-state index is -0.959. The smallest absolute Gasteiger partial charge is 0.259 e. The molecule has 0 fully saturated rings. The van der Waals surface area contributed by atoms with E-state index in [-0.39, 0.29) is 5.56 Å². The molecule has 0 bridgehead atoms. The van der Waals surface area contributed by atoms with Gasteiger partial charge in [-0.3, -0.25) is 4.79 Å². The summed E-state index contributed by atoms with van der Waals surface area (Å²) < 4.78 is 29.1. The van der Waals surface area contributed by atoms with E-state index in [2.05, 4.69) is 0 Å². The Morgan fingerprint density at radius 3 is 2.12 bits per heavy atom. The summed E-state index contributed by atoms with van der Waals surface area (Å²) in [6.45, 7) is 0.298. The van der Waals surface area contributed by atoms with E-state index in [4.69, 9.17) is 0 Å². The van der Waals surface area contributed by atoms with Crippen molar-refractivity contribution in [2.45, 2.75) is 6.54 Å². The van der Waals surface area contributed by atoms with Crippen LogP contribution in [0.25, 0.3) is 21.7 Å². The summed E-state index contributed by atoms with van der Waals surface area (Å²) in [6.07, 6.45) is 0. The summed E-state index contributed by atoms with van der Waals surface area (Å²) in [5.74, 6) is -1.88. The number of benzene rings is 3. The van der Waals surface area contributed by atoms with Gasteiger partial charge in [0.05, 0.1) is 12.1 Å². The molecule has 2 nitrogen and oxygen atoms in total. The van der Waals surface area contributed by atoms with E-state index in [0.717, 1.165) is 17.7 Å². The summed E-state index contributed by atoms with van der Waals surface area (Å²) in [4.78, 5) is 12.9. The molecule has 0 aliphatic heterocycles. The molecule has 0 atom stereocenters. The molecule has 3 aromatic carbocycles. The molecule has 1 heterocycles. The van der Waals surface area contributed by atoms with Crippen LogP contribution < -0.4 is 5.56 Å². The standard InChI is InChI=1S/C20H13F2NO/c21-17-10-16-14-8-4-5-9-15(14)20(24)23(19(16)11-18(17)22)12-13-6-2-1-3-7-13/h1-11H,12H2. The lowest BCUT2D eigenvalue weighted by molar-refractivity contribution is 0.510. The van der Waals surface area contributed by atoms with Crippen molar-refractivity contribution in [3.05, 3.63) is 94.3 Å². The third-order valence-corrected chi connectivity index (χ3v) is 4.21. The summed E-state index contributed by atoms with van der Waals surface area (Å²) in [5, 5.41) is 1.65. The molecule has 1 aromatic heterocycles. The molecule has 118 valence electrons. The van der Waals surface area contributed by atoms with Crippen molar-refractivity contribution in [3.8, 4) is 0 Å². The maximum atomic E-state index is 13.8. The number of halogens is 2. The van der Waals surface area contributed by atoms with Gasteiger partial charge in [0, 0.05) is 16.8 Å². The molecule has 4 heteroatoms. The van der Waals surface area contributed by atoms with E-state index in [1.807, 2.05) is 30.3 Å². The van der Waals surface area contributed by atoms with Gasteiger partial charge in [0.2, 0.25) is 0 Å². The number of fused-ring (bicyclic) bond motifs is 3. The molecule has 0 saturated heterocycles. The monoisotopic (exact) mass is 321 g/mol. The zero-order valence-electron chi connectivity index (χ0n) is 12.7. The van der Waals surface area contributed by atoms with Crippen LogP contribution in [0.15, 0.2) is 71.5 Å². The Morgan fingerprint density at radius 1 is 0.750 bits per heavy atom. The first-order valence-corrected chi connectivity index (χ1v) is 7.59. The SMILES string of the molecule is O=c1c2ccccc2c2cc(F)c(F)cc2n1Cc1ccccc1. The zero-order valence-corrected chi connectivity index (χ0v) is 12.7. The highest BCUT2D eigenvalue weighted by atomic mass is 19.2. The van der Waals surface area contributed by atoms with Crippen LogP contribution in [0.2, 0.25) is 0 Å². The van der Waals surface area contributed by atoms with E-state index >= 15 is 0 Å². The van der Waals surface area contributed by atoms with Crippen LogP contribution in [0.1, 0.15) is 5.56 Å². The van der Waals surface area contributed by atoms with Crippen LogP contribution in [0, 0.1) is 11.6 Å². The minimum Gasteiger partial charge on any atom is -0.303 e. The second-order valence-corrected chi connectivity index (χ2v) is 5.71. The lowest BCUT2D eigenvalue weighted by Gasteiger charge is -2.14. The Bertz CT molecular complexity index is 1120. The molecule has 4 rings (SSSR count). The molecular weight excluding hydrogens is 308 g/mol. The molecule has 0 unspecified atom stereocenters. The Balaban J connectivity index is 2.11. The second kappa shape index (κ2) is 5.57. The van der Waals surface area contributed by atoms with Crippen molar-refractivity contribution in [2.24, 2.45) is 0 Å². The summed E-state index contributed by atoms with van der Waals surface area (Å²) in [5.41, 5.74) is 1.09. The van der Waals surface area contributed by atoms with E-state index in [1.54, 1.807) is 24.3 Å². The minimum absolute atomic E-state index is 0.215. The largest absolute Gasteiger partial charge is 0.303 e. The first-order chi connectivity index (χ1) is 11.6. The van der Waals surface area contributed by atoms with Crippen LogP contribution in [0.5, 0.6) is 0 Å². The van der Waals surface area contributed by atoms with Crippen molar-refractivity contribution in [2.75, 3.05) is 0 Å². The first kappa shape index (κ1) is 14.6. The van der Waals surface area contributed by atoms with Crippen LogP contribution in [0.4, 0.5) is 8.78 Å². The summed E-state index contributed by atoms with van der Waals surface area (Å²) in [6, 6.07) is 18.7. The average Bonchev–Trinajstić information content (AvgIpc) is 2.61. The van der Waals surface area contributed by atoms with Crippen molar-refractivity contribution in [3.63, 3.8) is 0 Å². The third kappa shape index (κ3) is 2.27. The maximum absolute atomic E-state index is 13.8. The fourth-order valence-electron chi connectivity index (χ4n) is 3.06. The van der Waals surface area contributed by atoms with Gasteiger partial charge in [0.1, 0.15) is 0 Å². The van der Waals surface area contributed by atoms with E-state index in [0.29, 0.717) is 28.2 Å². The van der Waals surface area contributed by atoms with Crippen LogP contribution >= 0.6 is 0 Å². The number of nitrogens with zero attached hydrogens (tertiary/aromatic N) is 1. The molecule has 0 N–H and O–H groups in total. The van der Waals surface area contributed by atoms with Crippen LogP contribution in [-0.4, -0.2) is 4.57 Å². The molecule has 0 saturated carbocycles. The maximum Gasteiger partial charge on any atom is 0.259 e. The second-order valence-electron chi connectivity index (χ2n) is 5.71. The van der Waals surface area contributed by atoms with E-state index < -0.39 is 11.6 Å². The van der Waals surface area contributed by atoms with Gasteiger partial charge in [-0.1, -0.05) is 48.5 Å². The van der Waals surface area contributed by atoms with Gasteiger partial charge >= 0.3 is 0 Å². The molecule has 0 amide bonds. The number of rotatable bonds is 2. The first-order valence-electron chi connectivity index (χ1n) is 7.59. The highest BCUT2D eigenvalue weighted by Crippen LogP contribution is 2.25. The zero-order chi connectivity index (χ0) is 16.7. The lowest BCUT2D eigenvalue weighted by atomic mass is 10.1. The summed E-state index contributed by atoms with van der Waals surface area (Å²) >= 11 is 0. The molecule has 24 heavy (non-hydrogen) atoms. The third-order valence-electron chi connectivity index (χ3n) is 4.21. The molecule has 0 aliphatic carbocycles. The highest BCUT2D eigenvalue weighted by molar-refractivity contribution is 6.05. The topological polar surface area (TPSA) is 22.0 Å². The van der Waals surface area contributed by atoms with Crippen molar-refractivity contribution in [1.29, 1.82) is 0 Å². The van der Waals surface area contributed by atoms with Crippen molar-refractivity contribution >= 4 is 21.7 Å². The number of hydrogen-bond acceptors (Lipinski definition) is 1. The Kier molecular flexibility index (Phi) is 3.38. The van der Waals surface area contributed by atoms with Crippen LogP contribution in [-0.2, 0) is 6.54 Å². The van der Waals surface area contributed by atoms with Gasteiger partial charge in [0.25, 0.3) is 5.56 Å². The Labute approximate surface area is 136 Å². The van der Waals surface area contributed by atoms with E-state index in [1.165, 1.54) is 4.57 Å². The quantitative estimate of drug-likeness (QED) is 0.499. The summed E-state index contributed by atoms with van der Waals surface area (Å²) in [7, 11) is 0. The molecule has 0 radical (unpaired) electrons. The molecular formula is C20H13F2NO. The number of pyridine rings is 1. The van der Waals surface area contributed by atoms with Gasteiger partial charge in [-0.25, -0.2) is 8.78 Å². The van der Waals surface area contributed by atoms with Gasteiger partial charge in [-0.15, -0.1) is 0 Å². The highest BCUT2D eigenvalue weighted by Gasteiger charge is 2.14. The van der Waals surface area contributed by atoms with E-state index in [9.17, 15) is 13.6 Å². The van der Waals surface area contributed by atoms with Crippen molar-refractivity contribution in [1.82, 2.24) is 4.57 Å². The lowest BCUT2D eigenvalue weighted by Crippen LogP contribution is -2.21. The van der Waals surface area contributed by atoms with Gasteiger partial charge < -0.3 is 4.57 Å². The Hall–Kier alpha value is -3.01. The van der Waals surface area contributed by atoms with Gasteiger partial charge in [-0.2, -0.15) is 0 Å². The fourth-order valence-corrected chi connectivity index (χ4v) is 3.06.